The van der Waals surface area contributed by atoms with Crippen molar-refractivity contribution in [2.45, 2.75) is 39.1 Å². The zero-order chi connectivity index (χ0) is 27.5. The van der Waals surface area contributed by atoms with Gasteiger partial charge in [0.15, 0.2) is 0 Å². The van der Waals surface area contributed by atoms with Crippen LogP contribution in [-0.2, 0) is 11.3 Å². The van der Waals surface area contributed by atoms with Gasteiger partial charge in [-0.3, -0.25) is 29.6 Å². The lowest BCUT2D eigenvalue weighted by Gasteiger charge is -2.27. The number of imidazole rings is 1. The monoisotopic (exact) mass is 531 g/mol. The normalized spacial score (nSPS) is 15.3. The van der Waals surface area contributed by atoms with Gasteiger partial charge >= 0.3 is 0 Å². The number of nitrogens with zero attached hydrogens (tertiary/aromatic N) is 6. The number of amides is 2. The predicted molar refractivity (Wildman–Crippen MR) is 143 cm³/mol. The van der Waals surface area contributed by atoms with Crippen LogP contribution in [0, 0.1) is 6.92 Å². The van der Waals surface area contributed by atoms with Crippen molar-refractivity contribution in [3.8, 4) is 5.75 Å². The van der Waals surface area contributed by atoms with E-state index in [9.17, 15) is 14.7 Å². The van der Waals surface area contributed by atoms with E-state index in [-0.39, 0.29) is 24.5 Å². The van der Waals surface area contributed by atoms with E-state index in [1.165, 1.54) is 6.08 Å². The predicted octanol–water partition coefficient (Wildman–Crippen LogP) is 1.71. The second kappa shape index (κ2) is 11.0. The van der Waals surface area contributed by atoms with Crippen molar-refractivity contribution in [2.75, 3.05) is 18.5 Å². The zero-order valence-corrected chi connectivity index (χ0v) is 21.5. The van der Waals surface area contributed by atoms with Crippen LogP contribution in [0.25, 0.3) is 17.1 Å². The van der Waals surface area contributed by atoms with Crippen LogP contribution in [0.15, 0.2) is 42.9 Å². The van der Waals surface area contributed by atoms with E-state index in [0.29, 0.717) is 59.2 Å². The summed E-state index contributed by atoms with van der Waals surface area (Å²) in [6, 6.07) is 4.81. The molecule has 0 aliphatic carbocycles. The molecule has 13 nitrogen and oxygen atoms in total. The fraction of sp³-hybridized carbons (Fsp3) is 0.308. The first-order chi connectivity index (χ1) is 18.8. The van der Waals surface area contributed by atoms with Gasteiger partial charge in [-0.2, -0.15) is 5.10 Å². The Kier molecular flexibility index (Phi) is 7.34. The maximum atomic E-state index is 13.2. The standard InChI is InChI=1S/C26H29N9O4/c1-3-34-20(10-15(2)33-34)25(38)32-26-31-19-11-16(24(27)37)12-21-23(19)35(26)18(14-39-21)6-7-30-22(36)5-4-17-13-28-8-9-29-17/h4-5,8-13,18,24,37H,3,6-7,14,27H2,1-2H3,(H,30,36)(H,31,32,38)/b5-4+/t18-,24?/m0/s1. The van der Waals surface area contributed by atoms with Crippen LogP contribution in [0.4, 0.5) is 5.95 Å². The molecule has 5 rings (SSSR count). The molecule has 0 radical (unpaired) electrons. The smallest absolute Gasteiger partial charge is 0.276 e. The average Bonchev–Trinajstić information content (AvgIpc) is 3.50. The number of carbonyl (C=O) groups is 2. The molecular weight excluding hydrogens is 502 g/mol. The highest BCUT2D eigenvalue weighted by atomic mass is 16.5. The number of anilines is 1. The Morgan fingerprint density at radius 2 is 2.15 bits per heavy atom. The number of aliphatic hydroxyl groups is 1. The number of carbonyl (C=O) groups excluding carboxylic acids is 2. The summed E-state index contributed by atoms with van der Waals surface area (Å²) in [7, 11) is 0. The largest absolute Gasteiger partial charge is 0.489 e. The lowest BCUT2D eigenvalue weighted by molar-refractivity contribution is -0.116. The summed E-state index contributed by atoms with van der Waals surface area (Å²) in [5, 5.41) is 20.1. The molecule has 4 aromatic rings. The van der Waals surface area contributed by atoms with E-state index in [2.05, 4.69) is 30.7 Å². The van der Waals surface area contributed by atoms with Gasteiger partial charge in [0.25, 0.3) is 5.91 Å². The van der Waals surface area contributed by atoms with Gasteiger partial charge < -0.3 is 25.5 Å². The Bertz CT molecular complexity index is 1540. The number of benzene rings is 1. The third-order valence-corrected chi connectivity index (χ3v) is 6.34. The Hall–Kier alpha value is -4.62. The van der Waals surface area contributed by atoms with Gasteiger partial charge in [-0.05, 0) is 44.5 Å². The minimum Gasteiger partial charge on any atom is -0.489 e. The van der Waals surface area contributed by atoms with Gasteiger partial charge in [0.05, 0.1) is 29.1 Å². The minimum absolute atomic E-state index is 0.242. The van der Waals surface area contributed by atoms with Crippen molar-refractivity contribution in [1.82, 2.24) is 34.6 Å². The highest BCUT2D eigenvalue weighted by Gasteiger charge is 2.29. The molecular formula is C26H29N9O4. The molecule has 5 N–H and O–H groups in total. The number of aromatic nitrogens is 6. The first-order valence-corrected chi connectivity index (χ1v) is 12.5. The van der Waals surface area contributed by atoms with Crippen LogP contribution in [0.1, 0.15) is 53.1 Å². The van der Waals surface area contributed by atoms with Crippen molar-refractivity contribution >= 4 is 34.9 Å². The van der Waals surface area contributed by atoms with Gasteiger partial charge in [0.2, 0.25) is 11.9 Å². The number of aliphatic hydroxyl groups excluding tert-OH is 1. The molecule has 1 unspecified atom stereocenters. The second-order valence-electron chi connectivity index (χ2n) is 9.09. The number of aryl methyl sites for hydroxylation is 2. The summed E-state index contributed by atoms with van der Waals surface area (Å²) in [4.78, 5) is 38.3. The van der Waals surface area contributed by atoms with Crippen molar-refractivity contribution in [2.24, 2.45) is 5.73 Å². The maximum absolute atomic E-state index is 13.2. The first-order valence-electron chi connectivity index (χ1n) is 12.5. The Balaban J connectivity index is 1.39. The van der Waals surface area contributed by atoms with Gasteiger partial charge in [-0.1, -0.05) is 0 Å². The highest BCUT2D eigenvalue weighted by Crippen LogP contribution is 2.38. The minimum atomic E-state index is -1.21. The molecule has 39 heavy (non-hydrogen) atoms. The summed E-state index contributed by atoms with van der Waals surface area (Å²) < 4.78 is 9.54. The molecule has 4 heterocycles. The summed E-state index contributed by atoms with van der Waals surface area (Å²) in [6.45, 7) is 4.89. The number of hydrogen-bond donors (Lipinski definition) is 4. The van der Waals surface area contributed by atoms with Crippen molar-refractivity contribution < 1.29 is 19.4 Å². The van der Waals surface area contributed by atoms with Crippen molar-refractivity contribution in [3.05, 3.63) is 65.5 Å². The Morgan fingerprint density at radius 3 is 2.90 bits per heavy atom. The molecule has 0 bridgehead atoms. The summed E-state index contributed by atoms with van der Waals surface area (Å²) in [6.07, 6.45) is 6.95. The number of rotatable bonds is 9. The third kappa shape index (κ3) is 5.49. The van der Waals surface area contributed by atoms with E-state index >= 15 is 0 Å². The van der Waals surface area contributed by atoms with Crippen molar-refractivity contribution in [1.29, 1.82) is 0 Å². The number of nitrogens with one attached hydrogen (secondary N) is 2. The van der Waals surface area contributed by atoms with Gasteiger partial charge in [-0.15, -0.1) is 0 Å². The summed E-state index contributed by atoms with van der Waals surface area (Å²) >= 11 is 0. The summed E-state index contributed by atoms with van der Waals surface area (Å²) in [5.74, 6) is 0.203. The van der Waals surface area contributed by atoms with E-state index in [4.69, 9.17) is 10.5 Å². The molecule has 1 aliphatic heterocycles. The fourth-order valence-electron chi connectivity index (χ4n) is 4.53. The highest BCUT2D eigenvalue weighted by molar-refractivity contribution is 6.03. The molecule has 1 aliphatic rings. The van der Waals surface area contributed by atoms with E-state index in [1.807, 2.05) is 18.4 Å². The van der Waals surface area contributed by atoms with E-state index in [1.54, 1.807) is 47.5 Å². The first kappa shape index (κ1) is 26.0. The quantitative estimate of drug-likeness (QED) is 0.185. The number of nitrogens with two attached hydrogens (primary N) is 1. The Morgan fingerprint density at radius 1 is 1.31 bits per heavy atom. The van der Waals surface area contributed by atoms with Crippen LogP contribution in [0.5, 0.6) is 5.75 Å². The molecule has 2 amide bonds. The number of ether oxygens (including phenoxy) is 1. The Labute approximate surface area is 223 Å². The molecule has 3 aromatic heterocycles. The topological polar surface area (TPSA) is 175 Å². The van der Waals surface area contributed by atoms with E-state index < -0.39 is 6.23 Å². The molecule has 0 saturated carbocycles. The van der Waals surface area contributed by atoms with Gasteiger partial charge in [0, 0.05) is 37.1 Å². The third-order valence-electron chi connectivity index (χ3n) is 6.34. The lowest BCUT2D eigenvalue weighted by Crippen LogP contribution is -2.30. The van der Waals surface area contributed by atoms with Crippen LogP contribution in [0.3, 0.4) is 0 Å². The van der Waals surface area contributed by atoms with Crippen molar-refractivity contribution in [3.63, 3.8) is 0 Å². The maximum Gasteiger partial charge on any atom is 0.276 e. The van der Waals surface area contributed by atoms with Crippen LogP contribution < -0.4 is 21.1 Å². The molecule has 0 saturated heterocycles. The van der Waals surface area contributed by atoms with E-state index in [0.717, 1.165) is 5.69 Å². The van der Waals surface area contributed by atoms with Crippen LogP contribution >= 0.6 is 0 Å². The lowest BCUT2D eigenvalue weighted by atomic mass is 10.1. The molecule has 0 spiro atoms. The van der Waals surface area contributed by atoms with Crippen LogP contribution in [-0.4, -0.2) is 59.4 Å². The van der Waals surface area contributed by atoms with Gasteiger partial charge in [-0.25, -0.2) is 4.98 Å². The summed E-state index contributed by atoms with van der Waals surface area (Å²) in [5.41, 5.74) is 9.05. The zero-order valence-electron chi connectivity index (χ0n) is 21.5. The van der Waals surface area contributed by atoms with Gasteiger partial charge in [0.1, 0.15) is 29.8 Å². The molecule has 202 valence electrons. The molecule has 13 heteroatoms. The molecule has 2 atom stereocenters. The second-order valence-corrected chi connectivity index (χ2v) is 9.09. The fourth-order valence-corrected chi connectivity index (χ4v) is 4.53. The van der Waals surface area contributed by atoms with Crippen LogP contribution in [0.2, 0.25) is 0 Å². The molecule has 1 aromatic carbocycles. The SMILES string of the molecule is CCn1nc(C)cc1C(=O)Nc1nc2cc(C(N)O)cc3c2n1[C@@H](CCNC(=O)/C=C/c1cnccn1)CO3. The molecule has 0 fully saturated rings. The number of hydrogen-bond acceptors (Lipinski definition) is 9. The average molecular weight is 532 g/mol.